The second-order valence-corrected chi connectivity index (χ2v) is 7.83. The van der Waals surface area contributed by atoms with Gasteiger partial charge in [-0.3, -0.25) is 4.79 Å². The quantitative estimate of drug-likeness (QED) is 0.583. The van der Waals surface area contributed by atoms with Gasteiger partial charge in [0.25, 0.3) is 5.91 Å². The first kappa shape index (κ1) is 17.3. The maximum Gasteiger partial charge on any atom is 0.417 e. The molecule has 0 unspecified atom stereocenters. The lowest BCUT2D eigenvalue weighted by atomic mass is 9.85. The number of rotatable bonds is 1. The molecule has 1 amide bonds. The molecule has 0 aromatic heterocycles. The number of benzene rings is 1. The molecular weight excluding hydrogens is 335 g/mol. The van der Waals surface area contributed by atoms with E-state index in [9.17, 15) is 26.4 Å². The molecule has 0 fully saturated rings. The molecule has 6 nitrogen and oxygen atoms in total. The minimum Gasteiger partial charge on any atom is -0.370 e. The van der Waals surface area contributed by atoms with Crippen molar-refractivity contribution in [2.75, 3.05) is 5.75 Å². The zero-order valence-electron chi connectivity index (χ0n) is 12.2. The summed E-state index contributed by atoms with van der Waals surface area (Å²) in [6.07, 6.45) is -4.86. The van der Waals surface area contributed by atoms with E-state index in [1.807, 2.05) is 0 Å². The van der Waals surface area contributed by atoms with Crippen LogP contribution in [0.5, 0.6) is 0 Å². The zero-order chi connectivity index (χ0) is 17.8. The van der Waals surface area contributed by atoms with E-state index >= 15 is 0 Å². The van der Waals surface area contributed by atoms with Gasteiger partial charge < -0.3 is 11.5 Å². The van der Waals surface area contributed by atoms with Crippen LogP contribution in [0, 0.1) is 0 Å². The van der Waals surface area contributed by atoms with Crippen LogP contribution in [-0.4, -0.2) is 26.0 Å². The normalized spacial score (nSPS) is 18.3. The summed E-state index contributed by atoms with van der Waals surface area (Å²) in [4.78, 5) is 14.6. The van der Waals surface area contributed by atoms with Crippen molar-refractivity contribution in [1.29, 1.82) is 0 Å². The molecule has 23 heavy (non-hydrogen) atoms. The number of nitrogens with two attached hydrogens (primary N) is 2. The first-order chi connectivity index (χ1) is 10.3. The highest BCUT2D eigenvalue weighted by Gasteiger charge is 2.45. The highest BCUT2D eigenvalue weighted by atomic mass is 32.2. The molecule has 126 valence electrons. The molecular formula is C13H14F3N3O3S. The molecule has 1 heterocycles. The van der Waals surface area contributed by atoms with Crippen molar-refractivity contribution in [1.82, 2.24) is 0 Å². The molecule has 1 aromatic rings. The van der Waals surface area contributed by atoms with E-state index < -0.39 is 44.4 Å². The Morgan fingerprint density at radius 3 is 2.30 bits per heavy atom. The minimum absolute atomic E-state index is 0.0195. The molecule has 0 atom stereocenters. The summed E-state index contributed by atoms with van der Waals surface area (Å²) >= 11 is 0. The number of hydrogen-bond acceptors (Lipinski definition) is 3. The fourth-order valence-corrected chi connectivity index (χ4v) is 4.81. The fourth-order valence-electron chi connectivity index (χ4n) is 2.59. The molecule has 4 N–H and O–H groups in total. The average Bonchev–Trinajstić information content (AvgIpc) is 2.51. The van der Waals surface area contributed by atoms with Gasteiger partial charge in [-0.05, 0) is 17.7 Å². The van der Waals surface area contributed by atoms with E-state index in [1.165, 1.54) is 13.8 Å². The monoisotopic (exact) mass is 349 g/mol. The summed E-state index contributed by atoms with van der Waals surface area (Å²) in [6, 6.07) is 1.40. The SMILES string of the molecule is CC1(C)CS(=O)(=O)c2cc(C(=O)N=C(N)N)c(C(F)(F)F)cc21. The summed E-state index contributed by atoms with van der Waals surface area (Å²) in [5.41, 5.74) is 6.87. The summed E-state index contributed by atoms with van der Waals surface area (Å²) in [6.45, 7) is 3.04. The predicted octanol–water partition coefficient (Wildman–Crippen LogP) is 1.18. The van der Waals surface area contributed by atoms with Crippen molar-refractivity contribution in [2.45, 2.75) is 30.3 Å². The number of nitrogens with zero attached hydrogens (tertiary/aromatic N) is 1. The van der Waals surface area contributed by atoms with E-state index in [2.05, 4.69) is 4.99 Å². The smallest absolute Gasteiger partial charge is 0.370 e. The second-order valence-electron chi connectivity index (χ2n) is 5.88. The summed E-state index contributed by atoms with van der Waals surface area (Å²) in [7, 11) is -3.79. The molecule has 10 heteroatoms. The Morgan fingerprint density at radius 1 is 1.26 bits per heavy atom. The van der Waals surface area contributed by atoms with Crippen molar-refractivity contribution in [3.05, 3.63) is 28.8 Å². The molecule has 0 radical (unpaired) electrons. The van der Waals surface area contributed by atoms with E-state index in [1.54, 1.807) is 0 Å². The van der Waals surface area contributed by atoms with Crippen LogP contribution < -0.4 is 11.5 Å². The first-order valence-electron chi connectivity index (χ1n) is 6.38. The third-order valence-electron chi connectivity index (χ3n) is 3.50. The maximum absolute atomic E-state index is 13.2. The van der Waals surface area contributed by atoms with Gasteiger partial charge >= 0.3 is 6.18 Å². The number of alkyl halides is 3. The van der Waals surface area contributed by atoms with E-state index in [-0.39, 0.29) is 16.2 Å². The number of aliphatic imine (C=N–C) groups is 1. The zero-order valence-corrected chi connectivity index (χ0v) is 13.0. The highest BCUT2D eigenvalue weighted by molar-refractivity contribution is 7.91. The van der Waals surface area contributed by atoms with Gasteiger partial charge in [-0.15, -0.1) is 0 Å². The van der Waals surface area contributed by atoms with E-state index in [0.717, 1.165) is 0 Å². The van der Waals surface area contributed by atoms with Gasteiger partial charge in [0, 0.05) is 5.41 Å². The van der Waals surface area contributed by atoms with Crippen LogP contribution >= 0.6 is 0 Å². The Labute approximate surface area is 130 Å². The Hall–Kier alpha value is -2.10. The van der Waals surface area contributed by atoms with Crippen molar-refractivity contribution < 1.29 is 26.4 Å². The summed E-state index contributed by atoms with van der Waals surface area (Å²) in [5, 5.41) is 0. The topological polar surface area (TPSA) is 116 Å². The minimum atomic E-state index is -4.86. The average molecular weight is 349 g/mol. The Kier molecular flexibility index (Phi) is 3.71. The summed E-state index contributed by atoms with van der Waals surface area (Å²) in [5.74, 6) is -2.40. The molecule has 1 aromatic carbocycles. The molecule has 0 spiro atoms. The number of halogens is 3. The van der Waals surface area contributed by atoms with E-state index in [4.69, 9.17) is 11.5 Å². The fraction of sp³-hybridized carbons (Fsp3) is 0.385. The number of sulfone groups is 1. The Balaban J connectivity index is 2.84. The maximum atomic E-state index is 13.2. The van der Waals surface area contributed by atoms with Crippen LogP contribution in [0.25, 0.3) is 0 Å². The molecule has 1 aliphatic rings. The predicted molar refractivity (Wildman–Crippen MR) is 76.7 cm³/mol. The van der Waals surface area contributed by atoms with Gasteiger partial charge in [0.15, 0.2) is 15.8 Å². The third kappa shape index (κ3) is 3.03. The second kappa shape index (κ2) is 4.95. The van der Waals surface area contributed by atoms with Crippen molar-refractivity contribution in [3.8, 4) is 0 Å². The lowest BCUT2D eigenvalue weighted by Crippen LogP contribution is -2.25. The third-order valence-corrected chi connectivity index (χ3v) is 5.61. The van der Waals surface area contributed by atoms with Crippen LogP contribution in [0.1, 0.15) is 35.3 Å². The van der Waals surface area contributed by atoms with Crippen molar-refractivity contribution >= 4 is 21.7 Å². The number of guanidine groups is 1. The van der Waals surface area contributed by atoms with Gasteiger partial charge in [-0.25, -0.2) is 8.42 Å². The van der Waals surface area contributed by atoms with Crippen molar-refractivity contribution in [2.24, 2.45) is 16.5 Å². The largest absolute Gasteiger partial charge is 0.417 e. The van der Waals surface area contributed by atoms with Gasteiger partial charge in [-0.1, -0.05) is 13.8 Å². The number of fused-ring (bicyclic) bond motifs is 1. The van der Waals surface area contributed by atoms with Gasteiger partial charge in [0.05, 0.1) is 21.8 Å². The van der Waals surface area contributed by atoms with Crippen LogP contribution in [0.2, 0.25) is 0 Å². The number of amides is 1. The van der Waals surface area contributed by atoms with Gasteiger partial charge in [-0.2, -0.15) is 18.2 Å². The van der Waals surface area contributed by atoms with Gasteiger partial charge in [0.1, 0.15) is 0 Å². The van der Waals surface area contributed by atoms with Crippen LogP contribution in [0.4, 0.5) is 13.2 Å². The number of carbonyl (C=O) groups excluding carboxylic acids is 1. The highest BCUT2D eigenvalue weighted by Crippen LogP contribution is 2.44. The molecule has 0 aliphatic carbocycles. The number of hydrogen-bond donors (Lipinski definition) is 2. The molecule has 2 rings (SSSR count). The molecule has 0 saturated heterocycles. The van der Waals surface area contributed by atoms with Crippen LogP contribution in [0.15, 0.2) is 22.0 Å². The Morgan fingerprint density at radius 2 is 1.83 bits per heavy atom. The molecule has 0 bridgehead atoms. The summed E-state index contributed by atoms with van der Waals surface area (Å²) < 4.78 is 64.0. The van der Waals surface area contributed by atoms with Crippen molar-refractivity contribution in [3.63, 3.8) is 0 Å². The van der Waals surface area contributed by atoms with Crippen LogP contribution in [-0.2, 0) is 21.4 Å². The first-order valence-corrected chi connectivity index (χ1v) is 8.03. The van der Waals surface area contributed by atoms with Crippen LogP contribution in [0.3, 0.4) is 0 Å². The molecule has 1 aliphatic heterocycles. The molecule has 0 saturated carbocycles. The standard InChI is InChI=1S/C13H14F3N3O3S/c1-12(2)5-23(21,22)9-3-6(10(20)19-11(17)18)7(4-8(9)12)13(14,15)16/h3-4H,5H2,1-2H3,(H4,17,18,19,20). The number of carbonyl (C=O) groups is 1. The van der Waals surface area contributed by atoms with Gasteiger partial charge in [0.2, 0.25) is 0 Å². The lowest BCUT2D eigenvalue weighted by molar-refractivity contribution is -0.138. The Bertz CT molecular complexity index is 823. The van der Waals surface area contributed by atoms with E-state index in [0.29, 0.717) is 12.1 Å². The lowest BCUT2D eigenvalue weighted by Gasteiger charge is -2.19.